The van der Waals surface area contributed by atoms with Gasteiger partial charge in [-0.1, -0.05) is 43.5 Å². The first-order valence-corrected chi connectivity index (χ1v) is 14.8. The lowest BCUT2D eigenvalue weighted by atomic mass is 9.95. The van der Waals surface area contributed by atoms with Crippen molar-refractivity contribution in [3.63, 3.8) is 0 Å². The third-order valence-electron chi connectivity index (χ3n) is 7.75. The fourth-order valence-corrected chi connectivity index (χ4v) is 5.37. The number of aromatic nitrogens is 4. The van der Waals surface area contributed by atoms with E-state index in [-0.39, 0.29) is 35.7 Å². The number of nitrogens with one attached hydrogen (secondary N) is 3. The van der Waals surface area contributed by atoms with Gasteiger partial charge >= 0.3 is 6.18 Å². The average molecular weight is 635 g/mol. The van der Waals surface area contributed by atoms with Crippen LogP contribution in [-0.2, 0) is 15.8 Å². The second-order valence-electron chi connectivity index (χ2n) is 11.0. The summed E-state index contributed by atoms with van der Waals surface area (Å²) in [6.07, 6.45) is 8.21. The average Bonchev–Trinajstić information content (AvgIpc) is 3.50. The molecule has 240 valence electrons. The van der Waals surface area contributed by atoms with Crippen LogP contribution in [0.5, 0.6) is 0 Å². The highest BCUT2D eigenvalue weighted by Crippen LogP contribution is 2.33. The number of hydrogen-bond donors (Lipinski definition) is 4. The molecule has 0 saturated heterocycles. The van der Waals surface area contributed by atoms with E-state index in [2.05, 4.69) is 30.8 Å². The van der Waals surface area contributed by atoms with E-state index in [9.17, 15) is 27.6 Å². The Hall–Kier alpha value is -5.27. The molecule has 5 N–H and O–H groups in total. The van der Waals surface area contributed by atoms with Crippen LogP contribution in [0.3, 0.4) is 0 Å². The number of carbonyl (C=O) groups is 3. The highest BCUT2D eigenvalue weighted by atomic mass is 19.4. The van der Waals surface area contributed by atoms with Gasteiger partial charge in [-0.15, -0.1) is 0 Å². The van der Waals surface area contributed by atoms with E-state index in [0.717, 1.165) is 44.0 Å². The van der Waals surface area contributed by atoms with Gasteiger partial charge in [-0.05, 0) is 43.5 Å². The number of alkyl halides is 3. The van der Waals surface area contributed by atoms with Gasteiger partial charge in [0.1, 0.15) is 17.2 Å². The summed E-state index contributed by atoms with van der Waals surface area (Å²) in [5, 5.41) is 13.4. The number of amides is 3. The van der Waals surface area contributed by atoms with Crippen LogP contribution in [0.15, 0.2) is 54.9 Å². The van der Waals surface area contributed by atoms with Gasteiger partial charge in [-0.3, -0.25) is 19.5 Å². The Labute approximate surface area is 262 Å². The minimum atomic E-state index is -4.56. The van der Waals surface area contributed by atoms with Crippen molar-refractivity contribution in [1.82, 2.24) is 30.4 Å². The Morgan fingerprint density at radius 2 is 1.85 bits per heavy atom. The molecule has 1 saturated carbocycles. The number of carbonyl (C=O) groups excluding carboxylic acids is 3. The maximum atomic E-state index is 13.0. The fourth-order valence-electron chi connectivity index (χ4n) is 5.37. The lowest BCUT2D eigenvalue weighted by molar-refractivity contribution is -0.137. The number of rotatable bonds is 11. The minimum absolute atomic E-state index is 0.00677. The summed E-state index contributed by atoms with van der Waals surface area (Å²) in [6, 6.07) is 8.12. The van der Waals surface area contributed by atoms with E-state index in [1.54, 1.807) is 18.3 Å². The van der Waals surface area contributed by atoms with Gasteiger partial charge in [0.05, 0.1) is 23.2 Å². The van der Waals surface area contributed by atoms with Gasteiger partial charge in [-0.2, -0.15) is 18.3 Å². The molecule has 1 aliphatic carbocycles. The topological polar surface area (TPSA) is 159 Å². The van der Waals surface area contributed by atoms with Crippen LogP contribution < -0.4 is 16.4 Å². The van der Waals surface area contributed by atoms with Gasteiger partial charge in [0.25, 0.3) is 5.91 Å². The third kappa shape index (κ3) is 7.86. The van der Waals surface area contributed by atoms with Crippen LogP contribution >= 0.6 is 0 Å². The molecule has 0 unspecified atom stereocenters. The monoisotopic (exact) mass is 634 g/mol. The zero-order chi connectivity index (χ0) is 32.7. The van der Waals surface area contributed by atoms with Crippen molar-refractivity contribution in [2.75, 3.05) is 24.1 Å². The summed E-state index contributed by atoms with van der Waals surface area (Å²) >= 11 is 0. The molecule has 46 heavy (non-hydrogen) atoms. The summed E-state index contributed by atoms with van der Waals surface area (Å²) in [5.74, 6) is -0.760. The quantitative estimate of drug-likeness (QED) is 0.165. The number of benzene rings is 1. The van der Waals surface area contributed by atoms with E-state index < -0.39 is 17.6 Å². The molecular weight excluding hydrogens is 601 g/mol. The SMILES string of the molecule is Nc1ncc(/C=C/CCN(C=O)CC(=O)NC2CCCCC2)c2n[nH]c(-c3ccc(C(=O)Nc4cc(C(F)(F)F)ccn4)cc3)c12. The Balaban J connectivity index is 1.22. The Morgan fingerprint density at radius 3 is 2.57 bits per heavy atom. The summed E-state index contributed by atoms with van der Waals surface area (Å²) in [6.45, 7) is 0.367. The minimum Gasteiger partial charge on any atom is -0.383 e. The number of H-pyrrole nitrogens is 1. The molecule has 14 heteroatoms. The maximum Gasteiger partial charge on any atom is 0.416 e. The number of pyridine rings is 2. The molecule has 0 bridgehead atoms. The number of nitrogens with two attached hydrogens (primary N) is 1. The van der Waals surface area contributed by atoms with Crippen molar-refractivity contribution in [3.8, 4) is 11.3 Å². The predicted octanol–water partition coefficient (Wildman–Crippen LogP) is 5.18. The summed E-state index contributed by atoms with van der Waals surface area (Å²) in [7, 11) is 0. The first-order valence-electron chi connectivity index (χ1n) is 14.8. The molecule has 0 aliphatic heterocycles. The van der Waals surface area contributed by atoms with Gasteiger partial charge < -0.3 is 21.3 Å². The van der Waals surface area contributed by atoms with E-state index in [0.29, 0.717) is 47.1 Å². The van der Waals surface area contributed by atoms with Gasteiger partial charge in [0.15, 0.2) is 0 Å². The van der Waals surface area contributed by atoms with Crippen LogP contribution in [0.4, 0.5) is 24.8 Å². The summed E-state index contributed by atoms with van der Waals surface area (Å²) in [4.78, 5) is 46.1. The molecule has 11 nitrogen and oxygen atoms in total. The van der Waals surface area contributed by atoms with Crippen molar-refractivity contribution in [2.24, 2.45) is 0 Å². The number of anilines is 2. The highest BCUT2D eigenvalue weighted by Gasteiger charge is 2.31. The highest BCUT2D eigenvalue weighted by molar-refractivity contribution is 6.05. The zero-order valence-corrected chi connectivity index (χ0v) is 24.8. The number of nitrogen functional groups attached to an aromatic ring is 1. The van der Waals surface area contributed by atoms with Crippen molar-refractivity contribution < 1.29 is 27.6 Å². The largest absolute Gasteiger partial charge is 0.416 e. The molecule has 1 aromatic carbocycles. The van der Waals surface area contributed by atoms with Crippen LogP contribution in [-0.4, -0.2) is 62.4 Å². The number of halogens is 3. The van der Waals surface area contributed by atoms with Crippen molar-refractivity contribution in [2.45, 2.75) is 50.7 Å². The van der Waals surface area contributed by atoms with Crippen LogP contribution in [0.1, 0.15) is 60.0 Å². The first kappa shape index (κ1) is 32.1. The smallest absolute Gasteiger partial charge is 0.383 e. The molecule has 1 aliphatic rings. The molecule has 1 fully saturated rings. The Bertz CT molecular complexity index is 1730. The molecule has 3 amide bonds. The third-order valence-corrected chi connectivity index (χ3v) is 7.75. The number of aromatic amines is 1. The van der Waals surface area contributed by atoms with Crippen molar-refractivity contribution >= 4 is 46.8 Å². The maximum absolute atomic E-state index is 13.0. The molecule has 3 heterocycles. The van der Waals surface area contributed by atoms with Gasteiger partial charge in [0.2, 0.25) is 12.3 Å². The van der Waals surface area contributed by atoms with E-state index in [1.165, 1.54) is 23.5 Å². The summed E-state index contributed by atoms with van der Waals surface area (Å²) < 4.78 is 39.0. The lowest BCUT2D eigenvalue weighted by Crippen LogP contribution is -2.42. The predicted molar refractivity (Wildman–Crippen MR) is 167 cm³/mol. The van der Waals surface area contributed by atoms with E-state index >= 15 is 0 Å². The molecular formula is C32H33F3N8O3. The number of nitrogens with zero attached hydrogens (tertiary/aromatic N) is 4. The first-order chi connectivity index (χ1) is 22.1. The van der Waals surface area contributed by atoms with Gasteiger partial charge in [-0.25, -0.2) is 9.97 Å². The lowest BCUT2D eigenvalue weighted by Gasteiger charge is -2.24. The molecule has 3 aromatic heterocycles. The second-order valence-corrected chi connectivity index (χ2v) is 11.0. The normalized spacial score (nSPS) is 14.0. The Kier molecular flexibility index (Phi) is 9.94. The van der Waals surface area contributed by atoms with E-state index in [1.807, 2.05) is 12.2 Å². The Morgan fingerprint density at radius 1 is 1.09 bits per heavy atom. The van der Waals surface area contributed by atoms with Gasteiger partial charge in [0, 0.05) is 41.7 Å². The fraction of sp³-hybridized carbons (Fsp3) is 0.312. The number of fused-ring (bicyclic) bond motifs is 1. The number of hydrogen-bond acceptors (Lipinski definition) is 7. The molecule has 5 rings (SSSR count). The summed E-state index contributed by atoms with van der Waals surface area (Å²) in [5.41, 5.74) is 7.97. The van der Waals surface area contributed by atoms with Crippen LogP contribution in [0, 0.1) is 0 Å². The zero-order valence-electron chi connectivity index (χ0n) is 24.8. The van der Waals surface area contributed by atoms with Crippen molar-refractivity contribution in [1.29, 1.82) is 0 Å². The standard InChI is InChI=1S/C32H33F3N8O3/c33-32(34,35)23-13-14-37-25(16-23)40-31(46)21-11-9-20(10-12-21)28-27-29(42-41-28)22(17-38-30(27)36)6-4-5-15-43(19-44)18-26(45)39-24-7-2-1-3-8-24/h4,6,9-14,16-17,19,24H,1-3,5,7-8,15,18H2,(H2,36,38)(H,39,45)(H,41,42)(H,37,40,46)/b6-4+. The van der Waals surface area contributed by atoms with Crippen LogP contribution in [0.25, 0.3) is 28.2 Å². The second kappa shape index (κ2) is 14.2. The van der Waals surface area contributed by atoms with Crippen LogP contribution in [0.2, 0.25) is 0 Å². The van der Waals surface area contributed by atoms with Crippen molar-refractivity contribution in [3.05, 3.63) is 71.6 Å². The molecule has 0 spiro atoms. The molecule has 0 atom stereocenters. The van der Waals surface area contributed by atoms with E-state index in [4.69, 9.17) is 5.73 Å². The molecule has 0 radical (unpaired) electrons. The molecule has 4 aromatic rings.